The summed E-state index contributed by atoms with van der Waals surface area (Å²) in [5.74, 6) is 0. The molecule has 7 nitrogen and oxygen atoms in total. The van der Waals surface area contributed by atoms with E-state index in [2.05, 4.69) is 36.4 Å². The Kier molecular flexibility index (Phi) is 5.87. The van der Waals surface area contributed by atoms with Crippen molar-refractivity contribution in [3.05, 3.63) is 69.8 Å². The van der Waals surface area contributed by atoms with E-state index in [0.717, 1.165) is 65.3 Å². The van der Waals surface area contributed by atoms with E-state index in [0.29, 0.717) is 24.4 Å². The van der Waals surface area contributed by atoms with Gasteiger partial charge in [-0.2, -0.15) is 0 Å². The Morgan fingerprint density at radius 2 is 0.919 bits per heavy atom. The van der Waals surface area contributed by atoms with Gasteiger partial charge in [0.1, 0.15) is 24.4 Å². The Hall–Kier alpha value is -1.84. The molecule has 0 saturated carbocycles. The average molecular weight is 507 g/mol. The first-order chi connectivity index (χ1) is 18.2. The third-order valence-electron chi connectivity index (χ3n) is 8.15. The largest absolute Gasteiger partial charge is 0.373 e. The smallest absolute Gasteiger partial charge is 0.112 e. The first-order valence-corrected chi connectivity index (χ1v) is 13.8. The van der Waals surface area contributed by atoms with E-state index in [1.165, 1.54) is 33.4 Å². The lowest BCUT2D eigenvalue weighted by Gasteiger charge is -2.27. The number of rotatable bonds is 14. The Morgan fingerprint density at radius 1 is 0.541 bits per heavy atom. The first-order valence-electron chi connectivity index (χ1n) is 13.8. The van der Waals surface area contributed by atoms with Gasteiger partial charge in [0.2, 0.25) is 0 Å². The molecule has 8 atom stereocenters. The van der Waals surface area contributed by atoms with Crippen LogP contribution in [0.15, 0.2) is 36.4 Å². The molecule has 2 aromatic carbocycles. The zero-order valence-electron chi connectivity index (χ0n) is 21.0. The number of epoxide rings is 6. The molecule has 2 aromatic rings. The standard InChI is InChI=1S/C30H34O7/c1-3-25(19(9-23-13-33-23)5-17(1)7-21-11-31-21)29(27-15-35-27)37-30(28-16-36-28)26-4-2-18(8-22-12-32-22)6-20(26)10-24-14-34-24/h1-6,21-24,27-30H,7-16H2. The van der Waals surface area contributed by atoms with Crippen molar-refractivity contribution in [3.63, 3.8) is 0 Å². The van der Waals surface area contributed by atoms with Gasteiger partial charge in [0.05, 0.1) is 64.1 Å². The first kappa shape index (κ1) is 23.1. The summed E-state index contributed by atoms with van der Waals surface area (Å²) in [6.07, 6.45) is 4.97. The van der Waals surface area contributed by atoms with Crippen molar-refractivity contribution in [1.29, 1.82) is 0 Å². The van der Waals surface area contributed by atoms with Crippen LogP contribution in [0.2, 0.25) is 0 Å². The lowest BCUT2D eigenvalue weighted by atomic mass is 9.91. The molecule has 6 saturated heterocycles. The van der Waals surface area contributed by atoms with Gasteiger partial charge in [0.25, 0.3) is 0 Å². The van der Waals surface area contributed by atoms with E-state index in [4.69, 9.17) is 33.2 Å². The van der Waals surface area contributed by atoms with Crippen molar-refractivity contribution in [3.8, 4) is 0 Å². The molecule has 6 fully saturated rings. The zero-order valence-corrected chi connectivity index (χ0v) is 21.0. The lowest BCUT2D eigenvalue weighted by molar-refractivity contribution is -0.0427. The summed E-state index contributed by atoms with van der Waals surface area (Å²) in [7, 11) is 0. The van der Waals surface area contributed by atoms with Crippen molar-refractivity contribution in [1.82, 2.24) is 0 Å². The van der Waals surface area contributed by atoms with Gasteiger partial charge in [0.15, 0.2) is 0 Å². The van der Waals surface area contributed by atoms with Crippen LogP contribution >= 0.6 is 0 Å². The van der Waals surface area contributed by atoms with Gasteiger partial charge >= 0.3 is 0 Å². The van der Waals surface area contributed by atoms with E-state index in [-0.39, 0.29) is 24.4 Å². The van der Waals surface area contributed by atoms with Crippen molar-refractivity contribution in [2.75, 3.05) is 39.6 Å². The highest BCUT2D eigenvalue weighted by atomic mass is 16.6. The molecular formula is C30H34O7. The van der Waals surface area contributed by atoms with Crippen LogP contribution in [0.5, 0.6) is 0 Å². The molecule has 8 rings (SSSR count). The van der Waals surface area contributed by atoms with Gasteiger partial charge in [-0.15, -0.1) is 0 Å². The monoisotopic (exact) mass is 506 g/mol. The summed E-state index contributed by atoms with van der Waals surface area (Å²) in [6, 6.07) is 13.7. The Labute approximate surface area is 217 Å². The molecule has 0 radical (unpaired) electrons. The van der Waals surface area contributed by atoms with Gasteiger partial charge in [0, 0.05) is 25.7 Å². The predicted molar refractivity (Wildman–Crippen MR) is 133 cm³/mol. The molecule has 6 aliphatic rings. The van der Waals surface area contributed by atoms with Gasteiger partial charge < -0.3 is 33.2 Å². The summed E-state index contributed by atoms with van der Waals surface area (Å²) in [5, 5.41) is 0. The highest BCUT2D eigenvalue weighted by Crippen LogP contribution is 2.43. The normalized spacial score (nSPS) is 34.1. The Bertz CT molecular complexity index is 1050. The predicted octanol–water partition coefficient (Wildman–Crippen LogP) is 3.05. The summed E-state index contributed by atoms with van der Waals surface area (Å²) in [5.41, 5.74) is 7.70. The van der Waals surface area contributed by atoms with Gasteiger partial charge in [-0.3, -0.25) is 0 Å². The molecule has 7 heteroatoms. The van der Waals surface area contributed by atoms with Crippen molar-refractivity contribution in [2.24, 2.45) is 0 Å². The van der Waals surface area contributed by atoms with E-state index in [9.17, 15) is 0 Å². The van der Waals surface area contributed by atoms with Gasteiger partial charge in [-0.1, -0.05) is 36.4 Å². The second-order valence-corrected chi connectivity index (χ2v) is 11.4. The van der Waals surface area contributed by atoms with Crippen molar-refractivity contribution < 1.29 is 33.2 Å². The highest BCUT2D eigenvalue weighted by Gasteiger charge is 2.44. The minimum atomic E-state index is -0.140. The van der Waals surface area contributed by atoms with E-state index in [1.54, 1.807) is 0 Å². The zero-order chi connectivity index (χ0) is 24.3. The number of ether oxygens (including phenoxy) is 7. The molecule has 0 amide bonds. The summed E-state index contributed by atoms with van der Waals surface area (Å²) in [4.78, 5) is 0. The fraction of sp³-hybridized carbons (Fsp3) is 0.600. The van der Waals surface area contributed by atoms with Crippen molar-refractivity contribution in [2.45, 2.75) is 74.5 Å². The molecule has 0 aliphatic carbocycles. The Balaban J connectivity index is 1.10. The van der Waals surface area contributed by atoms with Crippen LogP contribution in [0.4, 0.5) is 0 Å². The van der Waals surface area contributed by atoms with Crippen LogP contribution in [0.3, 0.4) is 0 Å². The molecular weight excluding hydrogens is 472 g/mol. The molecule has 0 aromatic heterocycles. The molecule has 6 aliphatic heterocycles. The SMILES string of the molecule is c1cc(C(OC(c2ccc(CC3CO3)cc2CC2CO2)C2CO2)C2CO2)c(CC2CO2)cc1CC1CO1. The van der Waals surface area contributed by atoms with Gasteiger partial charge in [-0.25, -0.2) is 0 Å². The maximum absolute atomic E-state index is 7.04. The van der Waals surface area contributed by atoms with Crippen molar-refractivity contribution >= 4 is 0 Å². The molecule has 196 valence electrons. The number of benzene rings is 2. The third kappa shape index (κ3) is 5.78. The molecule has 0 N–H and O–H groups in total. The van der Waals surface area contributed by atoms with E-state index < -0.39 is 0 Å². The van der Waals surface area contributed by atoms with Crippen LogP contribution in [-0.2, 0) is 58.8 Å². The van der Waals surface area contributed by atoms with Crippen LogP contribution in [0, 0.1) is 0 Å². The molecule has 6 heterocycles. The van der Waals surface area contributed by atoms with Crippen LogP contribution in [-0.4, -0.2) is 76.3 Å². The fourth-order valence-corrected chi connectivity index (χ4v) is 5.58. The topological polar surface area (TPSA) is 84.4 Å². The number of hydrogen-bond donors (Lipinski definition) is 0. The second-order valence-electron chi connectivity index (χ2n) is 11.4. The lowest BCUT2D eigenvalue weighted by Crippen LogP contribution is -2.22. The second kappa shape index (κ2) is 9.42. The average Bonchev–Trinajstić information content (AvgIpc) is 3.68. The van der Waals surface area contributed by atoms with Crippen LogP contribution in [0.25, 0.3) is 0 Å². The van der Waals surface area contributed by atoms with Gasteiger partial charge in [-0.05, 0) is 33.4 Å². The Morgan fingerprint density at radius 3 is 1.27 bits per heavy atom. The summed E-state index contributed by atoms with van der Waals surface area (Å²) >= 11 is 0. The minimum absolute atomic E-state index is 0.0687. The molecule has 0 bridgehead atoms. The maximum atomic E-state index is 7.04. The maximum Gasteiger partial charge on any atom is 0.112 e. The molecule has 8 unspecified atom stereocenters. The van der Waals surface area contributed by atoms with Crippen LogP contribution < -0.4 is 0 Å². The quantitative estimate of drug-likeness (QED) is 0.364. The van der Waals surface area contributed by atoms with E-state index in [1.807, 2.05) is 0 Å². The van der Waals surface area contributed by atoms with Crippen LogP contribution in [0.1, 0.15) is 45.6 Å². The minimum Gasteiger partial charge on any atom is -0.373 e. The third-order valence-corrected chi connectivity index (χ3v) is 8.15. The summed E-state index contributed by atoms with van der Waals surface area (Å²) in [6.45, 7) is 4.86. The molecule has 0 spiro atoms. The summed E-state index contributed by atoms with van der Waals surface area (Å²) < 4.78 is 41.0. The molecule has 37 heavy (non-hydrogen) atoms. The number of hydrogen-bond acceptors (Lipinski definition) is 7. The fourth-order valence-electron chi connectivity index (χ4n) is 5.58. The highest BCUT2D eigenvalue weighted by molar-refractivity contribution is 5.39. The van der Waals surface area contributed by atoms with E-state index >= 15 is 0 Å².